The lowest BCUT2D eigenvalue weighted by molar-refractivity contribution is -0.131. The SMILES string of the molecule is CC1C(C=CC(=O)O)CC2CC1C2(C)C. The third-order valence-electron chi connectivity index (χ3n) is 4.90. The molecule has 3 aliphatic carbocycles. The molecule has 2 nitrogen and oxygen atoms in total. The molecule has 0 aromatic rings. The van der Waals surface area contributed by atoms with Crippen LogP contribution in [-0.2, 0) is 4.79 Å². The predicted molar refractivity (Wildman–Crippen MR) is 59.4 cm³/mol. The molecule has 2 heteroatoms. The molecule has 4 atom stereocenters. The number of carboxylic acid groups (broad SMARTS) is 1. The summed E-state index contributed by atoms with van der Waals surface area (Å²) < 4.78 is 0. The van der Waals surface area contributed by atoms with E-state index in [0.717, 1.165) is 11.8 Å². The highest BCUT2D eigenvalue weighted by Gasteiger charge is 2.55. The highest BCUT2D eigenvalue weighted by Crippen LogP contribution is 2.63. The molecule has 0 saturated heterocycles. The maximum atomic E-state index is 10.5. The van der Waals surface area contributed by atoms with Crippen molar-refractivity contribution in [2.75, 3.05) is 0 Å². The Morgan fingerprint density at radius 1 is 1.40 bits per heavy atom. The average Bonchev–Trinajstić information content (AvgIpc) is 2.15. The number of hydrogen-bond donors (Lipinski definition) is 1. The Bertz CT molecular complexity index is 304. The molecule has 3 saturated carbocycles. The first-order valence-electron chi connectivity index (χ1n) is 5.84. The van der Waals surface area contributed by atoms with Crippen LogP contribution in [0.25, 0.3) is 0 Å². The molecule has 1 N–H and O–H groups in total. The Kier molecular flexibility index (Phi) is 2.40. The summed E-state index contributed by atoms with van der Waals surface area (Å²) in [6, 6.07) is 0. The van der Waals surface area contributed by atoms with Gasteiger partial charge in [-0.25, -0.2) is 4.79 Å². The Hall–Kier alpha value is -0.790. The third-order valence-corrected chi connectivity index (χ3v) is 4.90. The van der Waals surface area contributed by atoms with Crippen LogP contribution < -0.4 is 0 Å². The number of allylic oxidation sites excluding steroid dienone is 1. The second-order valence-electron chi connectivity index (χ2n) is 5.82. The minimum Gasteiger partial charge on any atom is -0.478 e. The standard InChI is InChI=1S/C13H20O2/c1-8-9(4-5-12(14)15)6-10-7-11(8)13(10,2)3/h4-5,8-11H,6-7H2,1-3H3,(H,14,15). The van der Waals surface area contributed by atoms with Crippen molar-refractivity contribution in [3.8, 4) is 0 Å². The molecule has 84 valence electrons. The fourth-order valence-electron chi connectivity index (χ4n) is 3.65. The van der Waals surface area contributed by atoms with Crippen molar-refractivity contribution in [3.05, 3.63) is 12.2 Å². The van der Waals surface area contributed by atoms with Gasteiger partial charge in [-0.1, -0.05) is 26.8 Å². The van der Waals surface area contributed by atoms with Gasteiger partial charge in [-0.05, 0) is 41.9 Å². The number of carboxylic acids is 1. The highest BCUT2D eigenvalue weighted by molar-refractivity contribution is 5.79. The smallest absolute Gasteiger partial charge is 0.327 e. The van der Waals surface area contributed by atoms with E-state index in [1.807, 2.05) is 6.08 Å². The van der Waals surface area contributed by atoms with Crippen LogP contribution in [0.2, 0.25) is 0 Å². The van der Waals surface area contributed by atoms with E-state index < -0.39 is 5.97 Å². The molecule has 0 amide bonds. The van der Waals surface area contributed by atoms with Crippen LogP contribution in [0.5, 0.6) is 0 Å². The second kappa shape index (κ2) is 3.36. The van der Waals surface area contributed by atoms with Crippen molar-refractivity contribution in [2.24, 2.45) is 29.1 Å². The second-order valence-corrected chi connectivity index (χ2v) is 5.82. The highest BCUT2D eigenvalue weighted by atomic mass is 16.4. The summed E-state index contributed by atoms with van der Waals surface area (Å²) in [5.41, 5.74) is 0.493. The molecule has 0 aromatic carbocycles. The number of carbonyl (C=O) groups is 1. The van der Waals surface area contributed by atoms with Crippen molar-refractivity contribution in [3.63, 3.8) is 0 Å². The zero-order valence-electron chi connectivity index (χ0n) is 9.73. The minimum atomic E-state index is -0.819. The number of hydrogen-bond acceptors (Lipinski definition) is 1. The summed E-state index contributed by atoms with van der Waals surface area (Å²) in [5.74, 6) is 1.90. The minimum absolute atomic E-state index is 0.484. The van der Waals surface area contributed by atoms with Crippen molar-refractivity contribution in [1.29, 1.82) is 0 Å². The molecule has 0 aliphatic heterocycles. The van der Waals surface area contributed by atoms with Crippen LogP contribution in [0.3, 0.4) is 0 Å². The number of rotatable bonds is 2. The topological polar surface area (TPSA) is 37.3 Å². The summed E-state index contributed by atoms with van der Waals surface area (Å²) in [6.45, 7) is 7.00. The van der Waals surface area contributed by atoms with Crippen LogP contribution in [-0.4, -0.2) is 11.1 Å². The fourth-order valence-corrected chi connectivity index (χ4v) is 3.65. The predicted octanol–water partition coefficient (Wildman–Crippen LogP) is 2.95. The molecule has 15 heavy (non-hydrogen) atoms. The van der Waals surface area contributed by atoms with Gasteiger partial charge in [0.15, 0.2) is 0 Å². The first-order chi connectivity index (χ1) is 6.93. The van der Waals surface area contributed by atoms with Gasteiger partial charge in [0, 0.05) is 6.08 Å². The Morgan fingerprint density at radius 2 is 2.07 bits per heavy atom. The molecule has 3 aliphatic rings. The zero-order valence-corrected chi connectivity index (χ0v) is 9.73. The molecule has 3 fully saturated rings. The molecule has 0 radical (unpaired) electrons. The summed E-state index contributed by atoms with van der Waals surface area (Å²) in [4.78, 5) is 10.5. The van der Waals surface area contributed by atoms with Crippen molar-refractivity contribution < 1.29 is 9.90 Å². The molecule has 0 spiro atoms. The molecule has 0 heterocycles. The lowest BCUT2D eigenvalue weighted by Gasteiger charge is -2.61. The van der Waals surface area contributed by atoms with Gasteiger partial charge in [-0.2, -0.15) is 0 Å². The molecule has 2 bridgehead atoms. The van der Waals surface area contributed by atoms with E-state index in [-0.39, 0.29) is 0 Å². The monoisotopic (exact) mass is 208 g/mol. The molecular formula is C13H20O2. The van der Waals surface area contributed by atoms with Crippen molar-refractivity contribution >= 4 is 5.97 Å². The normalized spacial score (nSPS) is 42.6. The van der Waals surface area contributed by atoms with Crippen molar-refractivity contribution in [2.45, 2.75) is 33.6 Å². The van der Waals surface area contributed by atoms with Crippen LogP contribution in [0, 0.1) is 29.1 Å². The van der Waals surface area contributed by atoms with Gasteiger partial charge in [0.1, 0.15) is 0 Å². The molecular weight excluding hydrogens is 188 g/mol. The fraction of sp³-hybridized carbons (Fsp3) is 0.769. The maximum Gasteiger partial charge on any atom is 0.327 e. The average molecular weight is 208 g/mol. The largest absolute Gasteiger partial charge is 0.478 e. The Balaban J connectivity index is 2.05. The van der Waals surface area contributed by atoms with Crippen LogP contribution in [0.1, 0.15) is 33.6 Å². The Morgan fingerprint density at radius 3 is 2.53 bits per heavy atom. The quantitative estimate of drug-likeness (QED) is 0.708. The number of aliphatic carboxylic acids is 1. The van der Waals surface area contributed by atoms with E-state index >= 15 is 0 Å². The van der Waals surface area contributed by atoms with Crippen LogP contribution in [0.15, 0.2) is 12.2 Å². The van der Waals surface area contributed by atoms with E-state index in [0.29, 0.717) is 17.3 Å². The van der Waals surface area contributed by atoms with Gasteiger partial charge < -0.3 is 5.11 Å². The third kappa shape index (κ3) is 1.60. The van der Waals surface area contributed by atoms with Crippen molar-refractivity contribution in [1.82, 2.24) is 0 Å². The van der Waals surface area contributed by atoms with Gasteiger partial charge in [-0.3, -0.25) is 0 Å². The maximum absolute atomic E-state index is 10.5. The van der Waals surface area contributed by atoms with E-state index in [1.54, 1.807) is 0 Å². The zero-order chi connectivity index (χ0) is 11.2. The lowest BCUT2D eigenvalue weighted by Crippen LogP contribution is -2.54. The first-order valence-corrected chi connectivity index (χ1v) is 5.84. The molecule has 4 unspecified atom stereocenters. The number of fused-ring (bicyclic) bond motifs is 2. The molecule has 3 rings (SSSR count). The molecule has 0 aromatic heterocycles. The summed E-state index contributed by atoms with van der Waals surface area (Å²) >= 11 is 0. The van der Waals surface area contributed by atoms with E-state index in [1.165, 1.54) is 18.9 Å². The van der Waals surface area contributed by atoms with Crippen LogP contribution in [0.4, 0.5) is 0 Å². The van der Waals surface area contributed by atoms with Gasteiger partial charge in [-0.15, -0.1) is 0 Å². The van der Waals surface area contributed by atoms with E-state index in [2.05, 4.69) is 20.8 Å². The summed E-state index contributed by atoms with van der Waals surface area (Å²) in [5, 5.41) is 8.62. The summed E-state index contributed by atoms with van der Waals surface area (Å²) in [6.07, 6.45) is 5.75. The lowest BCUT2D eigenvalue weighted by atomic mass is 9.43. The first kappa shape index (κ1) is 10.7. The van der Waals surface area contributed by atoms with E-state index in [4.69, 9.17) is 5.11 Å². The van der Waals surface area contributed by atoms with Gasteiger partial charge in [0.25, 0.3) is 0 Å². The van der Waals surface area contributed by atoms with Gasteiger partial charge in [0.05, 0.1) is 0 Å². The van der Waals surface area contributed by atoms with Gasteiger partial charge in [0.2, 0.25) is 0 Å². The van der Waals surface area contributed by atoms with Crippen LogP contribution >= 0.6 is 0 Å². The summed E-state index contributed by atoms with van der Waals surface area (Å²) in [7, 11) is 0. The Labute approximate surface area is 91.4 Å². The van der Waals surface area contributed by atoms with E-state index in [9.17, 15) is 4.79 Å². The van der Waals surface area contributed by atoms with Gasteiger partial charge >= 0.3 is 5.97 Å².